The Balaban J connectivity index is 1.92. The predicted molar refractivity (Wildman–Crippen MR) is 74.3 cm³/mol. The fourth-order valence-electron chi connectivity index (χ4n) is 2.44. The second-order valence-electron chi connectivity index (χ2n) is 4.97. The van der Waals surface area contributed by atoms with E-state index in [2.05, 4.69) is 23.2 Å². The van der Waals surface area contributed by atoms with Crippen LogP contribution in [0.5, 0.6) is 0 Å². The van der Waals surface area contributed by atoms with E-state index in [9.17, 15) is 0 Å². The van der Waals surface area contributed by atoms with Crippen molar-refractivity contribution in [1.82, 2.24) is 4.90 Å². The number of nitriles is 1. The highest BCUT2D eigenvalue weighted by molar-refractivity contribution is 5.62. The molecule has 3 N–H and O–H groups in total. The van der Waals surface area contributed by atoms with Crippen LogP contribution in [0, 0.1) is 11.3 Å². The van der Waals surface area contributed by atoms with Gasteiger partial charge in [0.2, 0.25) is 0 Å². The van der Waals surface area contributed by atoms with Crippen molar-refractivity contribution in [1.29, 1.82) is 5.26 Å². The van der Waals surface area contributed by atoms with Crippen LogP contribution < -0.4 is 11.1 Å². The summed E-state index contributed by atoms with van der Waals surface area (Å²) in [5.74, 6) is 0. The molecule has 1 aliphatic rings. The van der Waals surface area contributed by atoms with Crippen molar-refractivity contribution < 1.29 is 0 Å². The molecule has 0 aliphatic carbocycles. The average Bonchev–Trinajstić information content (AvgIpc) is 2.82. The minimum absolute atomic E-state index is 0.385. The molecule has 1 aromatic carbocycles. The van der Waals surface area contributed by atoms with Crippen molar-refractivity contribution >= 4 is 11.4 Å². The van der Waals surface area contributed by atoms with Crippen LogP contribution in [-0.2, 0) is 0 Å². The Kier molecular flexibility index (Phi) is 4.06. The van der Waals surface area contributed by atoms with Gasteiger partial charge in [-0.05, 0) is 51.1 Å². The molecule has 2 rings (SSSR count). The summed E-state index contributed by atoms with van der Waals surface area (Å²) in [4.78, 5) is 2.48. The molecule has 1 aromatic rings. The number of anilines is 2. The van der Waals surface area contributed by atoms with Crippen LogP contribution in [0.1, 0.15) is 25.3 Å². The van der Waals surface area contributed by atoms with Gasteiger partial charge in [-0.1, -0.05) is 0 Å². The van der Waals surface area contributed by atoms with Crippen LogP contribution in [0.2, 0.25) is 0 Å². The highest BCUT2D eigenvalue weighted by Crippen LogP contribution is 2.18. The molecule has 1 saturated heterocycles. The molecule has 1 atom stereocenters. The van der Waals surface area contributed by atoms with E-state index in [0.717, 1.165) is 12.2 Å². The van der Waals surface area contributed by atoms with Crippen molar-refractivity contribution in [3.63, 3.8) is 0 Å². The van der Waals surface area contributed by atoms with Crippen molar-refractivity contribution in [2.75, 3.05) is 30.7 Å². The molecule has 4 heteroatoms. The molecule has 0 amide bonds. The molecule has 0 spiro atoms. The Labute approximate surface area is 108 Å². The quantitative estimate of drug-likeness (QED) is 0.795. The van der Waals surface area contributed by atoms with Gasteiger partial charge in [0, 0.05) is 18.3 Å². The van der Waals surface area contributed by atoms with Gasteiger partial charge in [0.1, 0.15) is 6.07 Å². The summed E-state index contributed by atoms with van der Waals surface area (Å²) in [5.41, 5.74) is 7.86. The standard InChI is InChI=1S/C14H20N4/c1-11(10-18-6-2-3-7-18)17-13-5-4-12(9-15)14(16)8-13/h4-5,8,11,17H,2-3,6-7,10,16H2,1H3. The van der Waals surface area contributed by atoms with Crippen LogP contribution in [0.25, 0.3) is 0 Å². The number of nitrogens with zero attached hydrogens (tertiary/aromatic N) is 2. The topological polar surface area (TPSA) is 65.1 Å². The lowest BCUT2D eigenvalue weighted by atomic mass is 10.1. The van der Waals surface area contributed by atoms with E-state index < -0.39 is 0 Å². The zero-order valence-electron chi connectivity index (χ0n) is 10.8. The number of nitrogen functional groups attached to an aromatic ring is 1. The Morgan fingerprint density at radius 3 is 2.78 bits per heavy atom. The molecule has 1 aliphatic heterocycles. The van der Waals surface area contributed by atoms with Crippen LogP contribution in [0.3, 0.4) is 0 Å². The number of rotatable bonds is 4. The van der Waals surface area contributed by atoms with Crippen LogP contribution in [0.15, 0.2) is 18.2 Å². The van der Waals surface area contributed by atoms with E-state index in [1.54, 1.807) is 6.07 Å². The smallest absolute Gasteiger partial charge is 0.101 e. The largest absolute Gasteiger partial charge is 0.398 e. The second kappa shape index (κ2) is 5.74. The minimum Gasteiger partial charge on any atom is -0.398 e. The Morgan fingerprint density at radius 1 is 1.44 bits per heavy atom. The van der Waals surface area contributed by atoms with Gasteiger partial charge in [-0.3, -0.25) is 0 Å². The summed E-state index contributed by atoms with van der Waals surface area (Å²) < 4.78 is 0. The second-order valence-corrected chi connectivity index (χ2v) is 4.97. The lowest BCUT2D eigenvalue weighted by Gasteiger charge is -2.22. The van der Waals surface area contributed by atoms with E-state index in [1.165, 1.54) is 25.9 Å². The molecular formula is C14H20N4. The zero-order valence-corrected chi connectivity index (χ0v) is 10.8. The first-order valence-corrected chi connectivity index (χ1v) is 6.47. The molecule has 0 saturated carbocycles. The maximum atomic E-state index is 8.82. The average molecular weight is 244 g/mol. The van der Waals surface area contributed by atoms with E-state index in [0.29, 0.717) is 17.3 Å². The summed E-state index contributed by atoms with van der Waals surface area (Å²) in [6, 6.07) is 7.97. The van der Waals surface area contributed by atoms with Crippen LogP contribution >= 0.6 is 0 Å². The Morgan fingerprint density at radius 2 is 2.17 bits per heavy atom. The third-order valence-corrected chi connectivity index (χ3v) is 3.32. The molecule has 4 nitrogen and oxygen atoms in total. The first kappa shape index (κ1) is 12.7. The van der Waals surface area contributed by atoms with Gasteiger partial charge >= 0.3 is 0 Å². The molecule has 1 heterocycles. The number of hydrogen-bond donors (Lipinski definition) is 2. The predicted octanol–water partition coefficient (Wildman–Crippen LogP) is 2.04. The number of nitrogens with one attached hydrogen (secondary N) is 1. The van der Waals surface area contributed by atoms with Crippen LogP contribution in [-0.4, -0.2) is 30.6 Å². The van der Waals surface area contributed by atoms with Gasteiger partial charge in [-0.25, -0.2) is 0 Å². The van der Waals surface area contributed by atoms with Crippen LogP contribution in [0.4, 0.5) is 11.4 Å². The Hall–Kier alpha value is -1.73. The van der Waals surface area contributed by atoms with Crippen molar-refractivity contribution in [3.05, 3.63) is 23.8 Å². The maximum absolute atomic E-state index is 8.82. The summed E-state index contributed by atoms with van der Waals surface area (Å²) in [6.45, 7) is 5.65. The van der Waals surface area contributed by atoms with E-state index in [4.69, 9.17) is 11.0 Å². The highest BCUT2D eigenvalue weighted by atomic mass is 15.2. The molecule has 0 aromatic heterocycles. The minimum atomic E-state index is 0.385. The van der Waals surface area contributed by atoms with Gasteiger partial charge in [0.25, 0.3) is 0 Å². The molecule has 1 fully saturated rings. The van der Waals surface area contributed by atoms with Crippen molar-refractivity contribution in [3.8, 4) is 6.07 Å². The van der Waals surface area contributed by atoms with Gasteiger partial charge in [0.05, 0.1) is 11.3 Å². The third kappa shape index (κ3) is 3.14. The maximum Gasteiger partial charge on any atom is 0.101 e. The van der Waals surface area contributed by atoms with E-state index in [1.807, 2.05) is 12.1 Å². The fourth-order valence-corrected chi connectivity index (χ4v) is 2.44. The van der Waals surface area contributed by atoms with Gasteiger partial charge in [0.15, 0.2) is 0 Å². The van der Waals surface area contributed by atoms with Gasteiger partial charge < -0.3 is 16.0 Å². The summed E-state index contributed by atoms with van der Waals surface area (Å²) in [5, 5.41) is 12.3. The molecule has 0 bridgehead atoms. The van der Waals surface area contributed by atoms with Crippen molar-refractivity contribution in [2.24, 2.45) is 0 Å². The Bertz CT molecular complexity index is 444. The fraction of sp³-hybridized carbons (Fsp3) is 0.500. The molecule has 18 heavy (non-hydrogen) atoms. The van der Waals surface area contributed by atoms with Crippen molar-refractivity contribution in [2.45, 2.75) is 25.8 Å². The summed E-state index contributed by atoms with van der Waals surface area (Å²) in [6.07, 6.45) is 2.63. The highest BCUT2D eigenvalue weighted by Gasteiger charge is 2.14. The SMILES string of the molecule is CC(CN1CCCC1)Nc1ccc(C#N)c(N)c1. The zero-order chi connectivity index (χ0) is 13.0. The van der Waals surface area contributed by atoms with Gasteiger partial charge in [-0.15, -0.1) is 0 Å². The normalized spacial score (nSPS) is 17.3. The molecule has 96 valence electrons. The first-order valence-electron chi connectivity index (χ1n) is 6.47. The lowest BCUT2D eigenvalue weighted by Crippen LogP contribution is -2.32. The monoisotopic (exact) mass is 244 g/mol. The molecule has 0 radical (unpaired) electrons. The number of hydrogen-bond acceptors (Lipinski definition) is 4. The summed E-state index contributed by atoms with van der Waals surface area (Å²) in [7, 11) is 0. The lowest BCUT2D eigenvalue weighted by molar-refractivity contribution is 0.328. The molecular weight excluding hydrogens is 224 g/mol. The van der Waals surface area contributed by atoms with Gasteiger partial charge in [-0.2, -0.15) is 5.26 Å². The third-order valence-electron chi connectivity index (χ3n) is 3.32. The van der Waals surface area contributed by atoms with E-state index >= 15 is 0 Å². The number of benzene rings is 1. The number of nitrogens with two attached hydrogens (primary N) is 1. The number of likely N-dealkylation sites (tertiary alicyclic amines) is 1. The van der Waals surface area contributed by atoms with E-state index in [-0.39, 0.29) is 0 Å². The first-order chi connectivity index (χ1) is 8.69. The molecule has 1 unspecified atom stereocenters. The summed E-state index contributed by atoms with van der Waals surface area (Å²) >= 11 is 0.